The smallest absolute Gasteiger partial charge is 0.254 e. The molecule has 0 aromatic heterocycles. The lowest BCUT2D eigenvalue weighted by molar-refractivity contribution is -0.116. The van der Waals surface area contributed by atoms with Crippen molar-refractivity contribution in [3.8, 4) is 11.5 Å². The summed E-state index contributed by atoms with van der Waals surface area (Å²) in [7, 11) is 3.59. The zero-order chi connectivity index (χ0) is 22.4. The summed E-state index contributed by atoms with van der Waals surface area (Å²) in [6, 6.07) is 11.1. The molecular formula is C24H31N3O4. The number of hydrogen-bond acceptors (Lipinski definition) is 5. The largest absolute Gasteiger partial charge is 0.495 e. The van der Waals surface area contributed by atoms with Crippen LogP contribution in [0.3, 0.4) is 0 Å². The Morgan fingerprint density at radius 3 is 2.39 bits per heavy atom. The topological polar surface area (TPSA) is 71.1 Å². The highest BCUT2D eigenvalue weighted by Gasteiger charge is 2.21. The molecule has 3 rings (SSSR count). The van der Waals surface area contributed by atoms with Gasteiger partial charge < -0.3 is 24.6 Å². The van der Waals surface area contributed by atoms with Crippen LogP contribution >= 0.6 is 0 Å². The molecule has 1 aliphatic heterocycles. The van der Waals surface area contributed by atoms with Crippen LogP contribution in [0.4, 0.5) is 5.69 Å². The molecule has 1 N–H and O–H groups in total. The van der Waals surface area contributed by atoms with Crippen LogP contribution in [0.2, 0.25) is 0 Å². The number of piperazine rings is 1. The second-order valence-electron chi connectivity index (χ2n) is 7.93. The highest BCUT2D eigenvalue weighted by Crippen LogP contribution is 2.27. The minimum Gasteiger partial charge on any atom is -0.495 e. The van der Waals surface area contributed by atoms with Crippen LogP contribution < -0.4 is 14.8 Å². The number of carbonyl (C=O) groups is 2. The van der Waals surface area contributed by atoms with Gasteiger partial charge in [-0.3, -0.25) is 9.59 Å². The van der Waals surface area contributed by atoms with Crippen LogP contribution in [0.5, 0.6) is 11.5 Å². The summed E-state index contributed by atoms with van der Waals surface area (Å²) >= 11 is 0. The van der Waals surface area contributed by atoms with E-state index in [1.165, 1.54) is 12.7 Å². The minimum absolute atomic E-state index is 0.0376. The maximum atomic E-state index is 12.9. The van der Waals surface area contributed by atoms with E-state index in [0.29, 0.717) is 30.1 Å². The summed E-state index contributed by atoms with van der Waals surface area (Å²) < 4.78 is 11.1. The number of benzene rings is 2. The van der Waals surface area contributed by atoms with Gasteiger partial charge >= 0.3 is 0 Å². The number of amides is 2. The molecule has 0 spiro atoms. The Bertz CT molecular complexity index is 936. The molecule has 0 saturated carbocycles. The van der Waals surface area contributed by atoms with Crippen LogP contribution in [0.15, 0.2) is 36.4 Å². The summed E-state index contributed by atoms with van der Waals surface area (Å²) in [6.07, 6.45) is 0.188. The van der Waals surface area contributed by atoms with Crippen molar-refractivity contribution in [1.29, 1.82) is 0 Å². The fraction of sp³-hybridized carbons (Fsp3) is 0.417. The third-order valence-electron chi connectivity index (χ3n) is 5.43. The second-order valence-corrected chi connectivity index (χ2v) is 7.93. The van der Waals surface area contributed by atoms with Gasteiger partial charge in [0.2, 0.25) is 5.91 Å². The minimum atomic E-state index is -0.202. The summed E-state index contributed by atoms with van der Waals surface area (Å²) in [5.41, 5.74) is 3.23. The molecule has 7 nitrogen and oxygen atoms in total. The molecule has 2 amide bonds. The number of ether oxygens (including phenoxy) is 2. The molecule has 31 heavy (non-hydrogen) atoms. The number of carbonyl (C=O) groups excluding carboxylic acids is 2. The van der Waals surface area contributed by atoms with Gasteiger partial charge in [-0.1, -0.05) is 17.7 Å². The fourth-order valence-corrected chi connectivity index (χ4v) is 3.56. The second kappa shape index (κ2) is 10.3. The molecule has 166 valence electrons. The van der Waals surface area contributed by atoms with Gasteiger partial charge in [-0.15, -0.1) is 0 Å². The van der Waals surface area contributed by atoms with Crippen molar-refractivity contribution in [2.45, 2.75) is 20.3 Å². The van der Waals surface area contributed by atoms with E-state index in [1.54, 1.807) is 18.2 Å². The van der Waals surface area contributed by atoms with Gasteiger partial charge in [0.15, 0.2) is 0 Å². The zero-order valence-corrected chi connectivity index (χ0v) is 18.7. The molecule has 0 unspecified atom stereocenters. The Hall–Kier alpha value is -3.06. The third-order valence-corrected chi connectivity index (χ3v) is 5.43. The summed E-state index contributed by atoms with van der Waals surface area (Å²) in [4.78, 5) is 29.4. The molecule has 0 atom stereocenters. The van der Waals surface area contributed by atoms with Gasteiger partial charge in [0, 0.05) is 31.7 Å². The monoisotopic (exact) mass is 425 g/mol. The van der Waals surface area contributed by atoms with E-state index < -0.39 is 0 Å². The number of likely N-dealkylation sites (N-methyl/N-ethyl adjacent to an activating group) is 1. The van der Waals surface area contributed by atoms with Gasteiger partial charge in [0.05, 0.1) is 25.8 Å². The van der Waals surface area contributed by atoms with Crippen molar-refractivity contribution in [3.63, 3.8) is 0 Å². The number of aryl methyl sites for hydroxylation is 2. The van der Waals surface area contributed by atoms with E-state index in [9.17, 15) is 9.59 Å². The van der Waals surface area contributed by atoms with E-state index in [4.69, 9.17) is 9.47 Å². The number of methoxy groups -OCH3 is 1. The van der Waals surface area contributed by atoms with Crippen LogP contribution in [-0.4, -0.2) is 68.6 Å². The predicted octanol–water partition coefficient (Wildman–Crippen LogP) is 3.11. The van der Waals surface area contributed by atoms with Gasteiger partial charge in [-0.25, -0.2) is 0 Å². The molecule has 0 aliphatic carbocycles. The van der Waals surface area contributed by atoms with Crippen molar-refractivity contribution in [2.75, 3.05) is 52.3 Å². The third kappa shape index (κ3) is 5.98. The lowest BCUT2D eigenvalue weighted by atomic mass is 10.1. The Labute approximate surface area is 183 Å². The molecule has 7 heteroatoms. The molecule has 0 radical (unpaired) electrons. The lowest BCUT2D eigenvalue weighted by Crippen LogP contribution is -2.47. The molecule has 1 fully saturated rings. The van der Waals surface area contributed by atoms with Crippen molar-refractivity contribution >= 4 is 17.5 Å². The Morgan fingerprint density at radius 1 is 1.00 bits per heavy atom. The Kier molecular flexibility index (Phi) is 7.52. The van der Waals surface area contributed by atoms with Crippen molar-refractivity contribution in [1.82, 2.24) is 9.80 Å². The Balaban J connectivity index is 1.60. The van der Waals surface area contributed by atoms with Gasteiger partial charge in [0.25, 0.3) is 5.91 Å². The number of anilines is 1. The molecular weight excluding hydrogens is 394 g/mol. The first-order chi connectivity index (χ1) is 14.9. The van der Waals surface area contributed by atoms with Crippen LogP contribution in [0, 0.1) is 13.8 Å². The first-order valence-corrected chi connectivity index (χ1v) is 10.5. The highest BCUT2D eigenvalue weighted by atomic mass is 16.5. The van der Waals surface area contributed by atoms with Crippen LogP contribution in [0.1, 0.15) is 27.9 Å². The lowest BCUT2D eigenvalue weighted by Gasteiger charge is -2.32. The number of hydrogen-bond donors (Lipinski definition) is 1. The summed E-state index contributed by atoms with van der Waals surface area (Å²) in [6.45, 7) is 7.36. The average molecular weight is 426 g/mol. The quantitative estimate of drug-likeness (QED) is 0.738. The average Bonchev–Trinajstić information content (AvgIpc) is 2.75. The summed E-state index contributed by atoms with van der Waals surface area (Å²) in [5, 5.41) is 2.85. The molecule has 1 saturated heterocycles. The number of rotatable bonds is 7. The summed E-state index contributed by atoms with van der Waals surface area (Å²) in [5.74, 6) is 1.05. The van der Waals surface area contributed by atoms with Crippen molar-refractivity contribution < 1.29 is 19.1 Å². The fourth-order valence-electron chi connectivity index (χ4n) is 3.56. The molecule has 1 heterocycles. The van der Waals surface area contributed by atoms with Gasteiger partial charge in [-0.05, 0) is 50.7 Å². The van der Waals surface area contributed by atoms with E-state index in [2.05, 4.69) is 10.2 Å². The molecule has 0 bridgehead atoms. The van der Waals surface area contributed by atoms with Gasteiger partial charge in [-0.2, -0.15) is 0 Å². The number of nitrogens with zero attached hydrogens (tertiary/aromatic N) is 2. The Morgan fingerprint density at radius 2 is 1.71 bits per heavy atom. The normalized spacial score (nSPS) is 14.3. The highest BCUT2D eigenvalue weighted by molar-refractivity contribution is 5.98. The van der Waals surface area contributed by atoms with Crippen LogP contribution in [0.25, 0.3) is 0 Å². The number of nitrogens with one attached hydrogen (secondary N) is 1. The molecule has 2 aromatic carbocycles. The molecule has 1 aliphatic rings. The van der Waals surface area contributed by atoms with E-state index in [-0.39, 0.29) is 24.8 Å². The molecule has 2 aromatic rings. The van der Waals surface area contributed by atoms with E-state index >= 15 is 0 Å². The van der Waals surface area contributed by atoms with Gasteiger partial charge in [0.1, 0.15) is 11.5 Å². The van der Waals surface area contributed by atoms with Crippen molar-refractivity contribution in [2.24, 2.45) is 0 Å². The standard InChI is InChI=1S/C24H31N3O4/c1-17-5-7-21(18(2)15-17)31-14-9-23(28)25-20-16-19(6-8-22(20)30-4)24(29)27-12-10-26(3)11-13-27/h5-8,15-16H,9-14H2,1-4H3,(H,25,28). The maximum absolute atomic E-state index is 12.9. The van der Waals surface area contributed by atoms with Crippen molar-refractivity contribution in [3.05, 3.63) is 53.1 Å². The van der Waals surface area contributed by atoms with E-state index in [1.807, 2.05) is 44.0 Å². The maximum Gasteiger partial charge on any atom is 0.254 e. The predicted molar refractivity (Wildman–Crippen MR) is 121 cm³/mol. The first kappa shape index (κ1) is 22.6. The van der Waals surface area contributed by atoms with E-state index in [0.717, 1.165) is 24.4 Å². The van der Waals surface area contributed by atoms with Crippen LogP contribution in [-0.2, 0) is 4.79 Å². The zero-order valence-electron chi connectivity index (χ0n) is 18.7. The SMILES string of the molecule is COc1ccc(C(=O)N2CCN(C)CC2)cc1NC(=O)CCOc1ccc(C)cc1C. The first-order valence-electron chi connectivity index (χ1n) is 10.5.